The number of benzene rings is 1. The van der Waals surface area contributed by atoms with E-state index in [9.17, 15) is 22.4 Å². The van der Waals surface area contributed by atoms with Gasteiger partial charge in [0.1, 0.15) is 5.82 Å². The van der Waals surface area contributed by atoms with Crippen LogP contribution >= 0.6 is 0 Å². The molecule has 0 heterocycles. The summed E-state index contributed by atoms with van der Waals surface area (Å²) in [4.78, 5) is 11.7. The summed E-state index contributed by atoms with van der Waals surface area (Å²) in [7, 11) is 1.41. The molecule has 7 heteroatoms. The molecule has 0 spiro atoms. The Morgan fingerprint density at radius 2 is 2.05 bits per heavy atom. The fourth-order valence-corrected chi connectivity index (χ4v) is 1.47. The molecule has 1 amide bonds. The van der Waals surface area contributed by atoms with Crippen molar-refractivity contribution in [2.75, 3.05) is 13.7 Å². The zero-order valence-electron chi connectivity index (χ0n) is 10.3. The van der Waals surface area contributed by atoms with Crippen LogP contribution in [0, 0.1) is 5.82 Å². The van der Waals surface area contributed by atoms with E-state index in [2.05, 4.69) is 5.32 Å². The Morgan fingerprint density at radius 1 is 1.42 bits per heavy atom. The second kappa shape index (κ2) is 6.01. The highest BCUT2D eigenvalue weighted by atomic mass is 19.4. The SMILES string of the molecule is COCC(C)NC(=O)c1cc(C(F)(F)F)ccc1F. The largest absolute Gasteiger partial charge is 0.416 e. The molecule has 1 rings (SSSR count). The van der Waals surface area contributed by atoms with Crippen molar-refractivity contribution < 1.29 is 27.1 Å². The molecular formula is C12H13F4NO2. The average Bonchev–Trinajstić information content (AvgIpc) is 2.27. The lowest BCUT2D eigenvalue weighted by atomic mass is 10.1. The van der Waals surface area contributed by atoms with Crippen molar-refractivity contribution in [3.63, 3.8) is 0 Å². The lowest BCUT2D eigenvalue weighted by Gasteiger charge is -2.14. The molecule has 0 saturated heterocycles. The second-order valence-corrected chi connectivity index (χ2v) is 4.02. The number of carbonyl (C=O) groups excluding carboxylic acids is 1. The predicted octanol–water partition coefficient (Wildman–Crippen LogP) is 2.61. The summed E-state index contributed by atoms with van der Waals surface area (Å²) in [6.45, 7) is 1.76. The maximum absolute atomic E-state index is 13.4. The van der Waals surface area contributed by atoms with Crippen LogP contribution < -0.4 is 5.32 Å². The Bertz CT molecular complexity index is 460. The van der Waals surface area contributed by atoms with E-state index in [0.29, 0.717) is 18.2 Å². The van der Waals surface area contributed by atoms with Crippen molar-refractivity contribution in [3.8, 4) is 0 Å². The molecule has 0 aromatic heterocycles. The molecule has 0 aliphatic heterocycles. The molecule has 1 atom stereocenters. The number of amides is 1. The quantitative estimate of drug-likeness (QED) is 0.860. The van der Waals surface area contributed by atoms with Gasteiger partial charge < -0.3 is 10.1 Å². The normalized spacial score (nSPS) is 13.2. The van der Waals surface area contributed by atoms with Crippen LogP contribution in [0.15, 0.2) is 18.2 Å². The van der Waals surface area contributed by atoms with Crippen LogP contribution in [0.2, 0.25) is 0 Å². The summed E-state index contributed by atoms with van der Waals surface area (Å²) in [5.74, 6) is -1.91. The summed E-state index contributed by atoms with van der Waals surface area (Å²) in [6.07, 6.45) is -4.62. The maximum Gasteiger partial charge on any atom is 0.416 e. The zero-order chi connectivity index (χ0) is 14.6. The first-order valence-electron chi connectivity index (χ1n) is 5.42. The highest BCUT2D eigenvalue weighted by Gasteiger charge is 2.32. The van der Waals surface area contributed by atoms with Crippen molar-refractivity contribution in [1.82, 2.24) is 5.32 Å². The molecule has 106 valence electrons. The van der Waals surface area contributed by atoms with E-state index >= 15 is 0 Å². The van der Waals surface area contributed by atoms with Gasteiger partial charge in [0.05, 0.1) is 17.7 Å². The van der Waals surface area contributed by atoms with Crippen LogP contribution in [0.3, 0.4) is 0 Å². The van der Waals surface area contributed by atoms with Crippen LogP contribution in [0.1, 0.15) is 22.8 Å². The van der Waals surface area contributed by atoms with Gasteiger partial charge in [-0.2, -0.15) is 13.2 Å². The summed E-state index contributed by atoms with van der Waals surface area (Å²) < 4.78 is 55.6. The molecule has 0 aliphatic carbocycles. The van der Waals surface area contributed by atoms with Crippen LogP contribution in [0.4, 0.5) is 17.6 Å². The van der Waals surface area contributed by atoms with E-state index in [4.69, 9.17) is 4.74 Å². The van der Waals surface area contributed by atoms with Crippen LogP contribution in [-0.2, 0) is 10.9 Å². The number of rotatable bonds is 4. The maximum atomic E-state index is 13.4. The molecule has 0 saturated carbocycles. The lowest BCUT2D eigenvalue weighted by molar-refractivity contribution is -0.137. The van der Waals surface area contributed by atoms with Gasteiger partial charge in [-0.3, -0.25) is 4.79 Å². The third-order valence-electron chi connectivity index (χ3n) is 2.33. The molecule has 0 bridgehead atoms. The predicted molar refractivity (Wildman–Crippen MR) is 60.2 cm³/mol. The van der Waals surface area contributed by atoms with E-state index < -0.39 is 35.1 Å². The van der Waals surface area contributed by atoms with Gasteiger partial charge in [-0.1, -0.05) is 0 Å². The molecule has 1 aromatic carbocycles. The third-order valence-corrected chi connectivity index (χ3v) is 2.33. The first kappa shape index (κ1) is 15.4. The minimum atomic E-state index is -4.62. The molecule has 0 radical (unpaired) electrons. The molecule has 0 fully saturated rings. The van der Waals surface area contributed by atoms with Crippen LogP contribution in [0.5, 0.6) is 0 Å². The number of nitrogens with one attached hydrogen (secondary N) is 1. The molecule has 1 aromatic rings. The van der Waals surface area contributed by atoms with Crippen molar-refractivity contribution in [2.45, 2.75) is 19.1 Å². The second-order valence-electron chi connectivity index (χ2n) is 4.02. The van der Waals surface area contributed by atoms with E-state index in [1.807, 2.05) is 0 Å². The number of halogens is 4. The summed E-state index contributed by atoms with van der Waals surface area (Å²) in [5, 5.41) is 2.35. The van der Waals surface area contributed by atoms with Crippen molar-refractivity contribution in [3.05, 3.63) is 35.1 Å². The highest BCUT2D eigenvalue weighted by molar-refractivity contribution is 5.94. The van der Waals surface area contributed by atoms with Crippen LogP contribution in [-0.4, -0.2) is 25.7 Å². The molecule has 1 N–H and O–H groups in total. The molecular weight excluding hydrogens is 266 g/mol. The summed E-state index contributed by atoms with van der Waals surface area (Å²) in [6, 6.07) is 1.26. The number of methoxy groups -OCH3 is 1. The zero-order valence-corrected chi connectivity index (χ0v) is 10.3. The smallest absolute Gasteiger partial charge is 0.383 e. The molecule has 1 unspecified atom stereocenters. The fourth-order valence-electron chi connectivity index (χ4n) is 1.47. The lowest BCUT2D eigenvalue weighted by Crippen LogP contribution is -2.36. The molecule has 19 heavy (non-hydrogen) atoms. The van der Waals surface area contributed by atoms with Crippen molar-refractivity contribution in [2.24, 2.45) is 0 Å². The van der Waals surface area contributed by atoms with Gasteiger partial charge >= 0.3 is 6.18 Å². The number of ether oxygens (including phenoxy) is 1. The Balaban J connectivity index is 2.96. The van der Waals surface area contributed by atoms with Crippen LogP contribution in [0.25, 0.3) is 0 Å². The van der Waals surface area contributed by atoms with E-state index in [-0.39, 0.29) is 6.61 Å². The standard InChI is InChI=1S/C12H13F4NO2/c1-7(6-19-2)17-11(18)9-5-8(12(14,15)16)3-4-10(9)13/h3-5,7H,6H2,1-2H3,(H,17,18). The number of carbonyl (C=O) groups is 1. The topological polar surface area (TPSA) is 38.3 Å². The van der Waals surface area contributed by atoms with Gasteiger partial charge in [0.2, 0.25) is 0 Å². The number of hydrogen-bond donors (Lipinski definition) is 1. The Kier molecular flexibility index (Phi) is 4.88. The third kappa shape index (κ3) is 4.20. The minimum Gasteiger partial charge on any atom is -0.383 e. The Morgan fingerprint density at radius 3 is 2.58 bits per heavy atom. The Labute approximate surface area is 107 Å². The van der Waals surface area contributed by atoms with Crippen molar-refractivity contribution in [1.29, 1.82) is 0 Å². The first-order chi connectivity index (χ1) is 8.75. The minimum absolute atomic E-state index is 0.173. The van der Waals surface area contributed by atoms with E-state index in [1.165, 1.54) is 7.11 Å². The van der Waals surface area contributed by atoms with Gasteiger partial charge in [0.15, 0.2) is 0 Å². The highest BCUT2D eigenvalue weighted by Crippen LogP contribution is 2.30. The molecule has 3 nitrogen and oxygen atoms in total. The van der Waals surface area contributed by atoms with Gasteiger partial charge in [-0.15, -0.1) is 0 Å². The van der Waals surface area contributed by atoms with E-state index in [0.717, 1.165) is 0 Å². The summed E-state index contributed by atoms with van der Waals surface area (Å²) in [5.41, 5.74) is -1.71. The fraction of sp³-hybridized carbons (Fsp3) is 0.417. The van der Waals surface area contributed by atoms with Crippen molar-refractivity contribution >= 4 is 5.91 Å². The van der Waals surface area contributed by atoms with Gasteiger partial charge in [0, 0.05) is 13.2 Å². The van der Waals surface area contributed by atoms with Gasteiger partial charge in [-0.05, 0) is 25.1 Å². The van der Waals surface area contributed by atoms with Gasteiger partial charge in [0.25, 0.3) is 5.91 Å². The first-order valence-corrected chi connectivity index (χ1v) is 5.42. The number of alkyl halides is 3. The van der Waals surface area contributed by atoms with E-state index in [1.54, 1.807) is 6.92 Å². The average molecular weight is 279 g/mol. The van der Waals surface area contributed by atoms with Gasteiger partial charge in [-0.25, -0.2) is 4.39 Å². The molecule has 0 aliphatic rings. The monoisotopic (exact) mass is 279 g/mol. The number of hydrogen-bond acceptors (Lipinski definition) is 2. The summed E-state index contributed by atoms with van der Waals surface area (Å²) >= 11 is 0. The Hall–Kier alpha value is -1.63.